The van der Waals surface area contributed by atoms with E-state index in [1.807, 2.05) is 36.6 Å². The quantitative estimate of drug-likeness (QED) is 0.462. The van der Waals surface area contributed by atoms with E-state index in [2.05, 4.69) is 21.7 Å². The van der Waals surface area contributed by atoms with Crippen LogP contribution in [0.2, 0.25) is 0 Å². The van der Waals surface area contributed by atoms with Gasteiger partial charge in [-0.1, -0.05) is 24.3 Å². The van der Waals surface area contributed by atoms with Crippen LogP contribution in [-0.4, -0.2) is 22.8 Å². The van der Waals surface area contributed by atoms with Gasteiger partial charge in [-0.25, -0.2) is 4.98 Å². The fourth-order valence-electron chi connectivity index (χ4n) is 2.97. The molecular weight excluding hydrogens is 402 g/mol. The Kier molecular flexibility index (Phi) is 5.69. The van der Waals surface area contributed by atoms with Gasteiger partial charge < -0.3 is 10.6 Å². The normalized spacial score (nSPS) is 11.9. The number of benzene rings is 2. The average Bonchev–Trinajstić information content (AvgIpc) is 3.37. The van der Waals surface area contributed by atoms with Gasteiger partial charge in [0.1, 0.15) is 0 Å². The van der Waals surface area contributed by atoms with Crippen molar-refractivity contribution in [3.8, 4) is 0 Å². The number of hydrogen-bond donors (Lipinski definition) is 2. The van der Waals surface area contributed by atoms with Crippen LogP contribution in [0.3, 0.4) is 0 Å². The second-order valence-electron chi connectivity index (χ2n) is 6.67. The molecular formula is C22H19N3O2S2. The maximum absolute atomic E-state index is 12.6. The minimum atomic E-state index is -0.179. The summed E-state index contributed by atoms with van der Waals surface area (Å²) in [6.07, 6.45) is 0.667. The Morgan fingerprint density at radius 2 is 1.90 bits per heavy atom. The monoisotopic (exact) mass is 421 g/mol. The highest BCUT2D eigenvalue weighted by molar-refractivity contribution is 7.18. The number of thiazole rings is 1. The first-order chi connectivity index (χ1) is 14.1. The van der Waals surface area contributed by atoms with Gasteiger partial charge in [0.05, 0.1) is 20.1 Å². The molecule has 2 heterocycles. The molecule has 5 nitrogen and oxygen atoms in total. The molecule has 0 bridgehead atoms. The van der Waals surface area contributed by atoms with Gasteiger partial charge in [-0.3, -0.25) is 9.59 Å². The maximum atomic E-state index is 12.6. The summed E-state index contributed by atoms with van der Waals surface area (Å²) in [4.78, 5) is 30.1. The van der Waals surface area contributed by atoms with Crippen LogP contribution in [0.4, 0.5) is 5.69 Å². The Morgan fingerprint density at radius 3 is 2.69 bits per heavy atom. The van der Waals surface area contributed by atoms with Crippen LogP contribution in [0, 0.1) is 0 Å². The van der Waals surface area contributed by atoms with Gasteiger partial charge >= 0.3 is 0 Å². The first kappa shape index (κ1) is 19.3. The van der Waals surface area contributed by atoms with Gasteiger partial charge in [-0.05, 0) is 48.7 Å². The molecule has 0 aliphatic rings. The predicted molar refractivity (Wildman–Crippen MR) is 119 cm³/mol. The molecule has 0 aliphatic carbocycles. The highest BCUT2D eigenvalue weighted by Crippen LogP contribution is 2.22. The molecule has 2 N–H and O–H groups in total. The van der Waals surface area contributed by atoms with Crippen LogP contribution in [0.1, 0.15) is 32.0 Å². The Morgan fingerprint density at radius 1 is 1.03 bits per heavy atom. The van der Waals surface area contributed by atoms with Gasteiger partial charge in [-0.15, -0.1) is 22.7 Å². The van der Waals surface area contributed by atoms with Gasteiger partial charge in [0.2, 0.25) is 0 Å². The summed E-state index contributed by atoms with van der Waals surface area (Å²) in [5.41, 5.74) is 2.08. The van der Waals surface area contributed by atoms with Crippen molar-refractivity contribution in [2.75, 3.05) is 5.32 Å². The lowest BCUT2D eigenvalue weighted by Gasteiger charge is -2.13. The van der Waals surface area contributed by atoms with Crippen LogP contribution >= 0.6 is 22.7 Å². The van der Waals surface area contributed by atoms with Crippen molar-refractivity contribution in [2.24, 2.45) is 0 Å². The van der Waals surface area contributed by atoms with Gasteiger partial charge in [0.25, 0.3) is 11.8 Å². The summed E-state index contributed by atoms with van der Waals surface area (Å²) < 4.78 is 1.15. The SMILES string of the molecule is C[C@H](Cc1nc2ccccc2s1)NC(=O)c1cccc(NC(=O)c2cccs2)c1. The van der Waals surface area contributed by atoms with Gasteiger partial charge in [0.15, 0.2) is 0 Å². The zero-order valence-electron chi connectivity index (χ0n) is 15.7. The molecule has 2 aromatic carbocycles. The largest absolute Gasteiger partial charge is 0.349 e. The first-order valence-corrected chi connectivity index (χ1v) is 10.9. The molecule has 0 aliphatic heterocycles. The number of para-hydroxylation sites is 1. The Hall–Kier alpha value is -3.03. The fourth-order valence-corrected chi connectivity index (χ4v) is 4.68. The summed E-state index contributed by atoms with van der Waals surface area (Å²) >= 11 is 3.02. The van der Waals surface area contributed by atoms with Crippen molar-refractivity contribution in [1.29, 1.82) is 0 Å². The third-order valence-electron chi connectivity index (χ3n) is 4.32. The van der Waals surface area contributed by atoms with Crippen molar-refractivity contribution in [3.63, 3.8) is 0 Å². The molecule has 0 fully saturated rings. The number of thiophene rings is 1. The van der Waals surface area contributed by atoms with Crippen LogP contribution in [0.5, 0.6) is 0 Å². The summed E-state index contributed by atoms with van der Waals surface area (Å²) in [6, 6.07) is 18.5. The zero-order valence-corrected chi connectivity index (χ0v) is 17.3. The number of anilines is 1. The zero-order chi connectivity index (χ0) is 20.2. The van der Waals surface area contributed by atoms with E-state index in [1.165, 1.54) is 11.3 Å². The van der Waals surface area contributed by atoms with E-state index in [0.717, 1.165) is 15.2 Å². The third kappa shape index (κ3) is 4.70. The minimum absolute atomic E-state index is 0.0626. The van der Waals surface area contributed by atoms with Crippen LogP contribution in [0.25, 0.3) is 10.2 Å². The van der Waals surface area contributed by atoms with E-state index in [4.69, 9.17) is 0 Å². The fraction of sp³-hybridized carbons (Fsp3) is 0.136. The molecule has 146 valence electrons. The molecule has 0 unspecified atom stereocenters. The summed E-state index contributed by atoms with van der Waals surface area (Å²) in [6.45, 7) is 1.96. The van der Waals surface area contributed by atoms with Crippen molar-refractivity contribution in [2.45, 2.75) is 19.4 Å². The molecule has 7 heteroatoms. The van der Waals surface area contributed by atoms with Crippen molar-refractivity contribution in [3.05, 3.63) is 81.5 Å². The lowest BCUT2D eigenvalue weighted by molar-refractivity contribution is 0.0939. The molecule has 0 saturated carbocycles. The molecule has 0 spiro atoms. The first-order valence-electron chi connectivity index (χ1n) is 9.19. The van der Waals surface area contributed by atoms with Crippen molar-refractivity contribution in [1.82, 2.24) is 10.3 Å². The van der Waals surface area contributed by atoms with Crippen molar-refractivity contribution < 1.29 is 9.59 Å². The molecule has 2 aromatic heterocycles. The number of carbonyl (C=O) groups is 2. The van der Waals surface area contributed by atoms with Gasteiger partial charge in [-0.2, -0.15) is 0 Å². The van der Waals surface area contributed by atoms with E-state index in [1.54, 1.807) is 41.7 Å². The lowest BCUT2D eigenvalue weighted by atomic mass is 10.1. The molecule has 2 amide bonds. The maximum Gasteiger partial charge on any atom is 0.265 e. The van der Waals surface area contributed by atoms with Crippen LogP contribution < -0.4 is 10.6 Å². The van der Waals surface area contributed by atoms with Crippen LogP contribution in [0.15, 0.2) is 66.0 Å². The smallest absolute Gasteiger partial charge is 0.265 e. The van der Waals surface area contributed by atoms with Gasteiger partial charge in [0, 0.05) is 23.7 Å². The molecule has 4 rings (SSSR count). The Balaban J connectivity index is 1.39. The highest BCUT2D eigenvalue weighted by Gasteiger charge is 2.14. The molecule has 4 aromatic rings. The lowest BCUT2D eigenvalue weighted by Crippen LogP contribution is -2.34. The summed E-state index contributed by atoms with van der Waals surface area (Å²) in [5.74, 6) is -0.354. The number of hydrogen-bond acceptors (Lipinski definition) is 5. The highest BCUT2D eigenvalue weighted by atomic mass is 32.1. The second kappa shape index (κ2) is 8.55. The predicted octanol–water partition coefficient (Wildman–Crippen LogP) is 4.97. The second-order valence-corrected chi connectivity index (χ2v) is 8.73. The Labute approximate surface area is 176 Å². The summed E-state index contributed by atoms with van der Waals surface area (Å²) in [7, 11) is 0. The van der Waals surface area contributed by atoms with E-state index in [-0.39, 0.29) is 17.9 Å². The number of amides is 2. The number of carbonyl (C=O) groups excluding carboxylic acids is 2. The molecule has 1 atom stereocenters. The number of aromatic nitrogens is 1. The van der Waals surface area contributed by atoms with E-state index >= 15 is 0 Å². The number of nitrogens with one attached hydrogen (secondary N) is 2. The Bertz CT molecular complexity index is 1120. The average molecular weight is 422 g/mol. The van der Waals surface area contributed by atoms with E-state index in [9.17, 15) is 9.59 Å². The number of fused-ring (bicyclic) bond motifs is 1. The summed E-state index contributed by atoms with van der Waals surface area (Å²) in [5, 5.41) is 8.69. The molecule has 0 radical (unpaired) electrons. The molecule has 0 saturated heterocycles. The third-order valence-corrected chi connectivity index (χ3v) is 6.25. The van der Waals surface area contributed by atoms with E-state index < -0.39 is 0 Å². The topological polar surface area (TPSA) is 71.1 Å². The number of nitrogens with zero attached hydrogens (tertiary/aromatic N) is 1. The number of rotatable bonds is 6. The minimum Gasteiger partial charge on any atom is -0.349 e. The standard InChI is InChI=1S/C22H19N3O2S2/c1-14(12-20-25-17-8-2-3-9-18(17)29-20)23-21(26)15-6-4-7-16(13-15)24-22(27)19-10-5-11-28-19/h2-11,13-14H,12H2,1H3,(H,23,26)(H,24,27)/t14-/m1/s1. The van der Waals surface area contributed by atoms with E-state index in [0.29, 0.717) is 22.5 Å². The van der Waals surface area contributed by atoms with Crippen molar-refractivity contribution >= 4 is 50.4 Å². The molecule has 29 heavy (non-hydrogen) atoms. The van der Waals surface area contributed by atoms with Crippen LogP contribution in [-0.2, 0) is 6.42 Å².